The van der Waals surface area contributed by atoms with E-state index < -0.39 is 0 Å². The molecule has 1 fully saturated rings. The maximum atomic E-state index is 11.7. The quantitative estimate of drug-likeness (QED) is 0.567. The van der Waals surface area contributed by atoms with Gasteiger partial charge in [0.1, 0.15) is 0 Å². The molecule has 2 aliphatic carbocycles. The molecule has 0 N–H and O–H groups in total. The number of carbonyl (C=O) groups excluding carboxylic acids is 2. The van der Waals surface area contributed by atoms with Gasteiger partial charge in [0.2, 0.25) is 0 Å². The van der Waals surface area contributed by atoms with E-state index >= 15 is 0 Å². The molecule has 0 aliphatic heterocycles. The van der Waals surface area contributed by atoms with Gasteiger partial charge in [0, 0.05) is 12.0 Å². The lowest BCUT2D eigenvalue weighted by atomic mass is 9.57. The van der Waals surface area contributed by atoms with Gasteiger partial charge in [-0.15, -0.1) is 0 Å². The highest BCUT2D eigenvalue weighted by molar-refractivity contribution is 5.92. The smallest absolute Gasteiger partial charge is 0.333 e. The predicted molar refractivity (Wildman–Crippen MR) is 73.5 cm³/mol. The van der Waals surface area contributed by atoms with Crippen molar-refractivity contribution in [2.24, 2.45) is 17.3 Å². The van der Waals surface area contributed by atoms with Gasteiger partial charge in [-0.3, -0.25) is 4.79 Å². The topological polar surface area (TPSA) is 43.4 Å². The van der Waals surface area contributed by atoms with Crippen LogP contribution >= 0.6 is 0 Å². The number of carbonyl (C=O) groups is 2. The van der Waals surface area contributed by atoms with Crippen LogP contribution in [0.15, 0.2) is 23.8 Å². The number of allylic oxidation sites excluding steroid dienone is 2. The van der Waals surface area contributed by atoms with Crippen LogP contribution in [0.5, 0.6) is 0 Å². The number of ether oxygens (including phenoxy) is 1. The minimum atomic E-state index is -0.305. The third kappa shape index (κ3) is 2.38. The second kappa shape index (κ2) is 4.95. The Morgan fingerprint density at radius 1 is 1.53 bits per heavy atom. The number of methoxy groups -OCH3 is 1. The lowest BCUT2D eigenvalue weighted by molar-refractivity contribution is -0.137. The van der Waals surface area contributed by atoms with Gasteiger partial charge in [-0.25, -0.2) is 4.79 Å². The van der Waals surface area contributed by atoms with Crippen LogP contribution in [0.25, 0.3) is 0 Å². The lowest BCUT2D eigenvalue weighted by Gasteiger charge is -2.46. The third-order valence-corrected chi connectivity index (χ3v) is 5.04. The fraction of sp³-hybridized carbons (Fsp3) is 0.625. The average molecular weight is 262 g/mol. The van der Waals surface area contributed by atoms with E-state index in [0.29, 0.717) is 17.9 Å². The fourth-order valence-corrected chi connectivity index (χ4v) is 3.49. The van der Waals surface area contributed by atoms with E-state index in [1.54, 1.807) is 0 Å². The molecule has 0 saturated heterocycles. The summed E-state index contributed by atoms with van der Waals surface area (Å²) in [6.45, 7) is 8.24. The van der Waals surface area contributed by atoms with Crippen molar-refractivity contribution in [3.63, 3.8) is 0 Å². The molecule has 0 heterocycles. The molecule has 1 saturated carbocycles. The summed E-state index contributed by atoms with van der Waals surface area (Å²) in [6.07, 6.45) is 5.10. The second-order valence-corrected chi connectivity index (χ2v) is 6.12. The molecule has 2 rings (SSSR count). The van der Waals surface area contributed by atoms with E-state index in [9.17, 15) is 9.59 Å². The standard InChI is InChI=1S/C16H22O3/c1-10-7-14(17)8-13-6-5-12(9-16(10,13)3)11(2)15(18)19-4/h8,10,12H,2,5-7,9H2,1,3-4H3/t10-,12+,16+/m0/s1. The molecule has 3 atom stereocenters. The SMILES string of the molecule is C=C(C(=O)OC)[C@@H]1CCC2=CC(=O)C[C@H](C)[C@@]2(C)C1. The Labute approximate surface area is 114 Å². The van der Waals surface area contributed by atoms with E-state index in [1.165, 1.54) is 12.7 Å². The van der Waals surface area contributed by atoms with E-state index in [-0.39, 0.29) is 23.1 Å². The first-order valence-corrected chi connectivity index (χ1v) is 6.89. The van der Waals surface area contributed by atoms with Crippen LogP contribution < -0.4 is 0 Å². The van der Waals surface area contributed by atoms with Crippen molar-refractivity contribution in [2.45, 2.75) is 39.5 Å². The summed E-state index contributed by atoms with van der Waals surface area (Å²) in [4.78, 5) is 23.3. The van der Waals surface area contributed by atoms with Crippen LogP contribution in [0.1, 0.15) is 39.5 Å². The fourth-order valence-electron chi connectivity index (χ4n) is 3.49. The second-order valence-electron chi connectivity index (χ2n) is 6.12. The third-order valence-electron chi connectivity index (χ3n) is 5.04. The monoisotopic (exact) mass is 262 g/mol. The number of hydrogen-bond acceptors (Lipinski definition) is 3. The van der Waals surface area contributed by atoms with Crippen LogP contribution in [-0.4, -0.2) is 18.9 Å². The van der Waals surface area contributed by atoms with Crippen molar-refractivity contribution in [3.05, 3.63) is 23.8 Å². The van der Waals surface area contributed by atoms with Crippen molar-refractivity contribution in [1.82, 2.24) is 0 Å². The maximum Gasteiger partial charge on any atom is 0.333 e. The number of fused-ring (bicyclic) bond motifs is 1. The molecule has 0 bridgehead atoms. The summed E-state index contributed by atoms with van der Waals surface area (Å²) < 4.78 is 4.77. The Balaban J connectivity index is 2.22. The zero-order chi connectivity index (χ0) is 14.2. The molecule has 0 aromatic carbocycles. The lowest BCUT2D eigenvalue weighted by Crippen LogP contribution is -2.39. The van der Waals surface area contributed by atoms with Gasteiger partial charge in [0.05, 0.1) is 7.11 Å². The number of rotatable bonds is 2. The van der Waals surface area contributed by atoms with Gasteiger partial charge in [0.25, 0.3) is 0 Å². The number of ketones is 1. The Hall–Kier alpha value is -1.38. The summed E-state index contributed by atoms with van der Waals surface area (Å²) in [5.74, 6) is 0.435. The normalized spacial score (nSPS) is 34.3. The average Bonchev–Trinajstić information content (AvgIpc) is 2.38. The molecule has 3 heteroatoms. The van der Waals surface area contributed by atoms with Gasteiger partial charge >= 0.3 is 5.97 Å². The van der Waals surface area contributed by atoms with Crippen molar-refractivity contribution < 1.29 is 14.3 Å². The van der Waals surface area contributed by atoms with E-state index in [0.717, 1.165) is 19.3 Å². The maximum absolute atomic E-state index is 11.7. The van der Waals surface area contributed by atoms with Crippen LogP contribution in [-0.2, 0) is 14.3 Å². The predicted octanol–water partition coefficient (Wildman–Crippen LogP) is 3.06. The zero-order valence-electron chi connectivity index (χ0n) is 12.0. The van der Waals surface area contributed by atoms with Gasteiger partial charge in [-0.05, 0) is 42.6 Å². The highest BCUT2D eigenvalue weighted by Gasteiger charge is 2.44. The minimum Gasteiger partial charge on any atom is -0.466 e. The zero-order valence-corrected chi connectivity index (χ0v) is 12.0. The Bertz CT molecular complexity index is 461. The number of hydrogen-bond donors (Lipinski definition) is 0. The van der Waals surface area contributed by atoms with Gasteiger partial charge in [-0.1, -0.05) is 26.0 Å². The molecule has 0 aromatic rings. The van der Waals surface area contributed by atoms with Crippen molar-refractivity contribution in [2.75, 3.05) is 7.11 Å². The number of esters is 1. The summed E-state index contributed by atoms with van der Waals surface area (Å²) in [5.41, 5.74) is 1.85. The molecule has 0 aromatic heterocycles. The molecular weight excluding hydrogens is 240 g/mol. The van der Waals surface area contributed by atoms with Crippen LogP contribution in [0.4, 0.5) is 0 Å². The van der Waals surface area contributed by atoms with E-state index in [4.69, 9.17) is 4.74 Å². The molecule has 0 amide bonds. The summed E-state index contributed by atoms with van der Waals surface area (Å²) in [7, 11) is 1.39. The molecular formula is C16H22O3. The van der Waals surface area contributed by atoms with Crippen LogP contribution in [0, 0.1) is 17.3 Å². The van der Waals surface area contributed by atoms with Crippen LogP contribution in [0.2, 0.25) is 0 Å². The molecule has 3 nitrogen and oxygen atoms in total. The first kappa shape index (κ1) is 14.0. The Kier molecular flexibility index (Phi) is 3.66. The largest absolute Gasteiger partial charge is 0.466 e. The van der Waals surface area contributed by atoms with Crippen molar-refractivity contribution >= 4 is 11.8 Å². The highest BCUT2D eigenvalue weighted by Crippen LogP contribution is 2.52. The summed E-state index contributed by atoms with van der Waals surface area (Å²) >= 11 is 0. The first-order chi connectivity index (χ1) is 8.88. The molecule has 0 unspecified atom stereocenters. The first-order valence-electron chi connectivity index (χ1n) is 6.89. The summed E-state index contributed by atoms with van der Waals surface area (Å²) in [5, 5.41) is 0. The molecule has 104 valence electrons. The van der Waals surface area contributed by atoms with Crippen molar-refractivity contribution in [1.29, 1.82) is 0 Å². The minimum absolute atomic E-state index is 0.0216. The summed E-state index contributed by atoms with van der Waals surface area (Å²) in [6, 6.07) is 0. The van der Waals surface area contributed by atoms with E-state index in [2.05, 4.69) is 20.4 Å². The molecule has 19 heavy (non-hydrogen) atoms. The molecule has 2 aliphatic rings. The molecule has 0 spiro atoms. The van der Waals surface area contributed by atoms with Gasteiger partial charge in [0.15, 0.2) is 5.78 Å². The van der Waals surface area contributed by atoms with Gasteiger partial charge in [-0.2, -0.15) is 0 Å². The van der Waals surface area contributed by atoms with Crippen molar-refractivity contribution in [3.8, 4) is 0 Å². The molecule has 0 radical (unpaired) electrons. The Morgan fingerprint density at radius 2 is 2.21 bits per heavy atom. The van der Waals surface area contributed by atoms with Crippen LogP contribution in [0.3, 0.4) is 0 Å². The van der Waals surface area contributed by atoms with Gasteiger partial charge < -0.3 is 4.74 Å². The Morgan fingerprint density at radius 3 is 2.84 bits per heavy atom. The van der Waals surface area contributed by atoms with E-state index in [1.807, 2.05) is 6.08 Å². The highest BCUT2D eigenvalue weighted by atomic mass is 16.5.